The fourth-order valence-electron chi connectivity index (χ4n) is 8.02. The van der Waals surface area contributed by atoms with Crippen molar-refractivity contribution in [3.63, 3.8) is 0 Å². The molecule has 0 saturated heterocycles. The molecule has 252 valence electrons. The molecular formula is C36H55FN2O6. The molecule has 0 aromatic heterocycles. The second kappa shape index (κ2) is 13.5. The van der Waals surface area contributed by atoms with Gasteiger partial charge in [-0.2, -0.15) is 0 Å². The summed E-state index contributed by atoms with van der Waals surface area (Å²) in [4.78, 5) is 40.3. The summed E-state index contributed by atoms with van der Waals surface area (Å²) in [6.45, 7) is 15.9. The van der Waals surface area contributed by atoms with Crippen molar-refractivity contribution in [1.29, 1.82) is 0 Å². The maximum atomic E-state index is 15.2. The first-order valence-electron chi connectivity index (χ1n) is 16.9. The largest absolute Gasteiger partial charge is 0.496 e. The maximum Gasteiger partial charge on any atom is 0.312 e. The van der Waals surface area contributed by atoms with Crippen LogP contribution in [0.4, 0.5) is 4.39 Å². The summed E-state index contributed by atoms with van der Waals surface area (Å²) in [6.07, 6.45) is 6.71. The molecule has 0 unspecified atom stereocenters. The van der Waals surface area contributed by atoms with Crippen LogP contribution in [0.25, 0.3) is 0 Å². The van der Waals surface area contributed by atoms with E-state index in [9.17, 15) is 14.4 Å². The number of benzene rings is 1. The first-order valence-corrected chi connectivity index (χ1v) is 16.9. The van der Waals surface area contributed by atoms with Gasteiger partial charge in [-0.1, -0.05) is 26.7 Å². The van der Waals surface area contributed by atoms with Gasteiger partial charge in [-0.05, 0) is 110 Å². The van der Waals surface area contributed by atoms with Crippen molar-refractivity contribution in [1.82, 2.24) is 10.6 Å². The van der Waals surface area contributed by atoms with Gasteiger partial charge in [0.1, 0.15) is 11.4 Å². The van der Waals surface area contributed by atoms with Crippen molar-refractivity contribution in [2.75, 3.05) is 7.11 Å². The fourth-order valence-corrected chi connectivity index (χ4v) is 8.02. The predicted octanol–water partition coefficient (Wildman–Crippen LogP) is 6.98. The molecule has 45 heavy (non-hydrogen) atoms. The number of halogens is 1. The predicted molar refractivity (Wildman–Crippen MR) is 172 cm³/mol. The average molecular weight is 631 g/mol. The summed E-state index contributed by atoms with van der Waals surface area (Å²) < 4.78 is 32.4. The van der Waals surface area contributed by atoms with Crippen LogP contribution in [0, 0.1) is 34.9 Å². The Bertz CT molecular complexity index is 1240. The number of carbonyl (C=O) groups is 3. The quantitative estimate of drug-likeness (QED) is 0.256. The molecule has 4 rings (SSSR count). The lowest BCUT2D eigenvalue weighted by Gasteiger charge is -2.38. The second-order valence-electron chi connectivity index (χ2n) is 15.4. The smallest absolute Gasteiger partial charge is 0.312 e. The first kappa shape index (κ1) is 35.0. The van der Waals surface area contributed by atoms with Gasteiger partial charge in [0, 0.05) is 17.6 Å². The van der Waals surface area contributed by atoms with E-state index in [0.717, 1.165) is 32.1 Å². The third kappa shape index (κ3) is 7.76. The monoisotopic (exact) mass is 630 g/mol. The van der Waals surface area contributed by atoms with Crippen LogP contribution < -0.4 is 20.1 Å². The minimum atomic E-state index is -0.622. The Hall–Kier alpha value is -2.84. The van der Waals surface area contributed by atoms with Crippen molar-refractivity contribution in [3.8, 4) is 11.5 Å². The number of ether oxygens (including phenoxy) is 3. The minimum absolute atomic E-state index is 0.00447. The summed E-state index contributed by atoms with van der Waals surface area (Å²) in [5, 5.41) is 6.48. The molecule has 1 aromatic rings. The Morgan fingerprint density at radius 2 is 1.60 bits per heavy atom. The van der Waals surface area contributed by atoms with Crippen LogP contribution in [0.15, 0.2) is 12.1 Å². The Labute approximate surface area is 268 Å². The van der Waals surface area contributed by atoms with E-state index in [4.69, 9.17) is 14.2 Å². The van der Waals surface area contributed by atoms with Crippen LogP contribution in [0.1, 0.15) is 124 Å². The van der Waals surface area contributed by atoms with Crippen LogP contribution in [0.5, 0.6) is 11.5 Å². The third-order valence-electron chi connectivity index (χ3n) is 10.7. The number of nitrogens with one attached hydrogen (secondary N) is 2. The van der Waals surface area contributed by atoms with Crippen LogP contribution in [-0.2, 0) is 14.3 Å². The van der Waals surface area contributed by atoms with Gasteiger partial charge in [-0.15, -0.1) is 0 Å². The molecule has 3 aliphatic rings. The normalized spacial score (nSPS) is 28.1. The Morgan fingerprint density at radius 1 is 0.978 bits per heavy atom. The van der Waals surface area contributed by atoms with E-state index in [1.54, 1.807) is 0 Å². The SMILES string of the molecule is CCC(CC)C(C)(C)NC(=O)[C@H]1[C@@H]2CC[C@@H](C2)[C@H]1NC(=O)c1cc(O[C@H]2CC[C@@](C)(C(=O)OC(C)(C)C)CC2)c(F)cc1OC. The summed E-state index contributed by atoms with van der Waals surface area (Å²) in [5.41, 5.74) is -1.37. The van der Waals surface area contributed by atoms with Crippen molar-refractivity contribution in [3.05, 3.63) is 23.5 Å². The number of esters is 1. The highest BCUT2D eigenvalue weighted by Gasteiger charge is 2.52. The lowest BCUT2D eigenvalue weighted by atomic mass is 9.74. The molecule has 0 radical (unpaired) electrons. The Kier molecular flexibility index (Phi) is 10.5. The summed E-state index contributed by atoms with van der Waals surface area (Å²) in [7, 11) is 1.40. The van der Waals surface area contributed by atoms with E-state index in [-0.39, 0.29) is 64.4 Å². The fraction of sp³-hybridized carbons (Fsp3) is 0.750. The van der Waals surface area contributed by atoms with E-state index in [1.165, 1.54) is 19.2 Å². The standard InChI is InChI=1S/C36H55FN2O6/c1-10-23(11-2)35(6,7)39-32(41)29-21-12-13-22(18-21)30(29)38-31(40)25-19-28(26(37)20-27(25)43-9)44-24-14-16-36(8,17-15-24)33(42)45-34(3,4)5/h19-24,29-30H,10-18H2,1-9H3,(H,38,40)(H,39,41)/t21-,22+,24-,29+,30-,36+/m1/s1. The zero-order valence-electron chi connectivity index (χ0n) is 28.8. The van der Waals surface area contributed by atoms with Crippen molar-refractivity contribution >= 4 is 17.8 Å². The molecule has 4 atom stereocenters. The van der Waals surface area contributed by atoms with Gasteiger partial charge in [0.2, 0.25) is 5.91 Å². The van der Waals surface area contributed by atoms with E-state index < -0.39 is 22.7 Å². The number of fused-ring (bicyclic) bond motifs is 2. The summed E-state index contributed by atoms with van der Waals surface area (Å²) >= 11 is 0. The molecule has 8 nitrogen and oxygen atoms in total. The first-order chi connectivity index (χ1) is 21.0. The lowest BCUT2D eigenvalue weighted by molar-refractivity contribution is -0.169. The highest BCUT2D eigenvalue weighted by Crippen LogP contribution is 2.49. The summed E-state index contributed by atoms with van der Waals surface area (Å²) in [5.74, 6) is -0.699. The van der Waals surface area contributed by atoms with Gasteiger partial charge in [0.05, 0.1) is 30.1 Å². The van der Waals surface area contributed by atoms with Crippen LogP contribution >= 0.6 is 0 Å². The summed E-state index contributed by atoms with van der Waals surface area (Å²) in [6, 6.07) is 2.28. The average Bonchev–Trinajstić information content (AvgIpc) is 3.56. The molecule has 0 aliphatic heterocycles. The molecule has 2 amide bonds. The molecule has 9 heteroatoms. The highest BCUT2D eigenvalue weighted by atomic mass is 19.1. The molecule has 2 bridgehead atoms. The van der Waals surface area contributed by atoms with Crippen LogP contribution in [-0.4, -0.2) is 48.2 Å². The molecule has 0 heterocycles. The molecule has 2 N–H and O–H groups in total. The number of amides is 2. The third-order valence-corrected chi connectivity index (χ3v) is 10.7. The number of carbonyl (C=O) groups excluding carboxylic acids is 3. The highest BCUT2D eigenvalue weighted by molar-refractivity contribution is 5.98. The molecular weight excluding hydrogens is 575 g/mol. The van der Waals surface area contributed by atoms with E-state index in [0.29, 0.717) is 31.6 Å². The molecule has 3 aliphatic carbocycles. The van der Waals surface area contributed by atoms with Gasteiger partial charge >= 0.3 is 5.97 Å². The number of rotatable bonds is 11. The molecule has 3 saturated carbocycles. The number of methoxy groups -OCH3 is 1. The van der Waals surface area contributed by atoms with Gasteiger partial charge in [-0.3, -0.25) is 14.4 Å². The van der Waals surface area contributed by atoms with E-state index >= 15 is 4.39 Å². The van der Waals surface area contributed by atoms with Gasteiger partial charge in [0.25, 0.3) is 5.91 Å². The van der Waals surface area contributed by atoms with Crippen molar-refractivity contribution in [2.24, 2.45) is 29.1 Å². The van der Waals surface area contributed by atoms with Crippen LogP contribution in [0.3, 0.4) is 0 Å². The van der Waals surface area contributed by atoms with E-state index in [2.05, 4.69) is 38.3 Å². The van der Waals surface area contributed by atoms with Gasteiger partial charge < -0.3 is 24.8 Å². The lowest BCUT2D eigenvalue weighted by Crippen LogP contribution is -2.56. The zero-order chi connectivity index (χ0) is 33.3. The van der Waals surface area contributed by atoms with Gasteiger partial charge in [-0.25, -0.2) is 4.39 Å². The molecule has 3 fully saturated rings. The zero-order valence-corrected chi connectivity index (χ0v) is 28.8. The maximum absolute atomic E-state index is 15.2. The topological polar surface area (TPSA) is 103 Å². The molecule has 0 spiro atoms. The second-order valence-corrected chi connectivity index (χ2v) is 15.4. The number of hydrogen-bond donors (Lipinski definition) is 2. The van der Waals surface area contributed by atoms with Gasteiger partial charge in [0.15, 0.2) is 11.6 Å². The Morgan fingerprint density at radius 3 is 2.18 bits per heavy atom. The van der Waals surface area contributed by atoms with Crippen LogP contribution in [0.2, 0.25) is 0 Å². The molecule has 1 aromatic carbocycles. The minimum Gasteiger partial charge on any atom is -0.496 e. The van der Waals surface area contributed by atoms with Crippen molar-refractivity contribution < 1.29 is 33.0 Å². The Balaban J connectivity index is 1.47. The van der Waals surface area contributed by atoms with Crippen molar-refractivity contribution in [2.45, 2.75) is 136 Å². The van der Waals surface area contributed by atoms with E-state index in [1.807, 2.05) is 27.7 Å². The number of hydrogen-bond acceptors (Lipinski definition) is 6.